The van der Waals surface area contributed by atoms with Gasteiger partial charge in [-0.2, -0.15) is 0 Å². The van der Waals surface area contributed by atoms with E-state index in [0.29, 0.717) is 33.9 Å². The van der Waals surface area contributed by atoms with Gasteiger partial charge in [-0.15, -0.1) is 0 Å². The molecule has 0 atom stereocenters. The van der Waals surface area contributed by atoms with Crippen LogP contribution in [0.1, 0.15) is 38.7 Å². The van der Waals surface area contributed by atoms with Crippen LogP contribution in [0, 0.1) is 27.4 Å². The molecule has 4 aromatic heterocycles. The highest BCUT2D eigenvalue weighted by molar-refractivity contribution is 7.00. The second kappa shape index (κ2) is 21.8. The molecule has 0 fully saturated rings. The molecule has 0 bridgehead atoms. The Morgan fingerprint density at radius 2 is 0.525 bits per heavy atom. The summed E-state index contributed by atoms with van der Waals surface area (Å²) in [6.45, 7) is -11.7. The summed E-state index contributed by atoms with van der Waals surface area (Å²) < 4.78 is 119. The van der Waals surface area contributed by atoms with E-state index in [-0.39, 0.29) is 33.4 Å². The number of para-hydroxylation sites is 10. The molecule has 21 rings (SSSR count). The summed E-state index contributed by atoms with van der Waals surface area (Å²) in [7, 11) is 0. The molecule has 0 saturated heterocycles. The number of benzene rings is 15. The highest BCUT2D eigenvalue weighted by atomic mass is 15.2. The first-order valence-electron chi connectivity index (χ1n) is 40.2. The number of hydrogen-bond donors (Lipinski definition) is 0. The molecule has 0 radical (unpaired) electrons. The van der Waals surface area contributed by atoms with E-state index in [1.165, 1.54) is 36.4 Å². The second-order valence-electron chi connectivity index (χ2n) is 26.6. The first-order valence-corrected chi connectivity index (χ1v) is 34.2. The standard InChI is InChI=1S/C94H65BN6/c1-58-26-21-27-59(2)90(58)72-36-11-19-46-82(72)100-84-54-52-62(96-76-40-13-9-34-68(76)70-38-23-50-88(93(70)96)98-78-42-15-5-30-64(78)65-31-6-16-43-79(65)98)56-74(84)95-75-57-63(53-55-85(75)101(87-49-25-48-86(100)92(87)95)83-47-20-12-37-73(83)91-60(3)28-22-29-61(91)4)97-77-41-14-10-35-69(77)71-39-24-51-89(94(71)97)99-80-44-17-7-32-66(80)67-33-8-18-45-81(67)99/h5-57H,1-4H3/i1D3,2D3,3D3,4D3. The number of anilines is 6. The van der Waals surface area contributed by atoms with Crippen molar-refractivity contribution in [1.29, 1.82) is 0 Å². The van der Waals surface area contributed by atoms with Crippen LogP contribution >= 0.6 is 0 Å². The van der Waals surface area contributed by atoms with E-state index in [1.807, 2.05) is 54.6 Å². The van der Waals surface area contributed by atoms with Crippen LogP contribution in [0.3, 0.4) is 0 Å². The van der Waals surface area contributed by atoms with Crippen molar-refractivity contribution in [3.63, 3.8) is 0 Å². The number of aryl methyl sites for hydroxylation is 4. The molecule has 0 unspecified atom stereocenters. The van der Waals surface area contributed by atoms with Gasteiger partial charge in [0.25, 0.3) is 6.71 Å². The topological polar surface area (TPSA) is 26.2 Å². The fourth-order valence-corrected chi connectivity index (χ4v) is 17.4. The zero-order chi connectivity index (χ0) is 76.9. The monoisotopic (exact) mass is 1300 g/mol. The van der Waals surface area contributed by atoms with Gasteiger partial charge in [0.2, 0.25) is 0 Å². The van der Waals surface area contributed by atoms with Crippen LogP contribution < -0.4 is 26.2 Å². The smallest absolute Gasteiger partial charge is 0.252 e. The van der Waals surface area contributed by atoms with E-state index in [4.69, 9.17) is 16.4 Å². The van der Waals surface area contributed by atoms with Crippen molar-refractivity contribution in [2.75, 3.05) is 9.80 Å². The molecule has 474 valence electrons. The van der Waals surface area contributed by atoms with E-state index in [1.54, 1.807) is 0 Å². The maximum absolute atomic E-state index is 9.13. The lowest BCUT2D eigenvalue weighted by Crippen LogP contribution is -2.61. The van der Waals surface area contributed by atoms with Gasteiger partial charge >= 0.3 is 0 Å². The third-order valence-corrected chi connectivity index (χ3v) is 21.4. The molecule has 2 aliphatic rings. The molecule has 7 heteroatoms. The Morgan fingerprint density at radius 1 is 0.238 bits per heavy atom. The van der Waals surface area contributed by atoms with Crippen LogP contribution in [-0.4, -0.2) is 25.0 Å². The molecule has 0 saturated carbocycles. The van der Waals surface area contributed by atoms with Gasteiger partial charge in [-0.25, -0.2) is 0 Å². The van der Waals surface area contributed by atoms with Crippen molar-refractivity contribution in [2.45, 2.75) is 27.4 Å². The van der Waals surface area contributed by atoms with Crippen LogP contribution in [0.4, 0.5) is 34.1 Å². The molecule has 2 aliphatic heterocycles. The van der Waals surface area contributed by atoms with Gasteiger partial charge < -0.3 is 28.1 Å². The highest BCUT2D eigenvalue weighted by Crippen LogP contribution is 2.51. The van der Waals surface area contributed by atoms with Gasteiger partial charge in [0.1, 0.15) is 0 Å². The molecule has 0 amide bonds. The molecule has 15 aromatic carbocycles. The molecular formula is C94H65BN6. The molecule has 0 aliphatic carbocycles. The minimum Gasteiger partial charge on any atom is -0.311 e. The van der Waals surface area contributed by atoms with Gasteiger partial charge in [0, 0.05) is 105 Å². The Bertz CT molecular complexity index is 6660. The van der Waals surface area contributed by atoms with E-state index in [0.717, 1.165) is 138 Å². The van der Waals surface area contributed by atoms with Gasteiger partial charge in [0.15, 0.2) is 0 Å². The zero-order valence-corrected chi connectivity index (χ0v) is 54.4. The molecular weight excluding hydrogens is 1220 g/mol. The third kappa shape index (κ3) is 8.11. The minimum atomic E-state index is -2.76. The summed E-state index contributed by atoms with van der Waals surface area (Å²) in [5, 5.41) is 8.63. The molecule has 0 N–H and O–H groups in total. The Labute approximate surface area is 602 Å². The van der Waals surface area contributed by atoms with Crippen molar-refractivity contribution in [3.8, 4) is 45.0 Å². The lowest BCUT2D eigenvalue weighted by atomic mass is 9.33. The molecule has 19 aromatic rings. The maximum atomic E-state index is 9.13. The summed E-state index contributed by atoms with van der Waals surface area (Å²) >= 11 is 0. The van der Waals surface area contributed by atoms with Gasteiger partial charge in [-0.3, -0.25) is 0 Å². The predicted octanol–water partition coefficient (Wildman–Crippen LogP) is 22.7. The Morgan fingerprint density at radius 3 is 0.901 bits per heavy atom. The van der Waals surface area contributed by atoms with Crippen molar-refractivity contribution >= 4 is 144 Å². The molecule has 6 heterocycles. The highest BCUT2D eigenvalue weighted by Gasteiger charge is 2.45. The van der Waals surface area contributed by atoms with Crippen LogP contribution in [0.25, 0.3) is 132 Å². The average Bonchev–Trinajstić information content (AvgIpc) is 1.70. The predicted molar refractivity (Wildman–Crippen MR) is 428 cm³/mol. The van der Waals surface area contributed by atoms with E-state index >= 15 is 0 Å². The molecule has 0 spiro atoms. The third-order valence-electron chi connectivity index (χ3n) is 21.4. The Balaban J connectivity index is 0.909. The number of hydrogen-bond acceptors (Lipinski definition) is 2. The first kappa shape index (κ1) is 46.4. The zero-order valence-electron chi connectivity index (χ0n) is 66.4. The van der Waals surface area contributed by atoms with E-state index in [9.17, 15) is 0 Å². The summed E-state index contributed by atoms with van der Waals surface area (Å²) in [5.41, 5.74) is 18.4. The maximum Gasteiger partial charge on any atom is 0.252 e. The minimum absolute atomic E-state index is 0.0750. The fourth-order valence-electron chi connectivity index (χ4n) is 17.4. The molecule has 6 nitrogen and oxygen atoms in total. The Kier molecular flexibility index (Phi) is 10.0. The van der Waals surface area contributed by atoms with Crippen LogP contribution in [0.15, 0.2) is 322 Å². The van der Waals surface area contributed by atoms with E-state index in [2.05, 4.69) is 259 Å². The summed E-state index contributed by atoms with van der Waals surface area (Å²) in [4.78, 5) is 4.30. The quantitative estimate of drug-likeness (QED) is 0.142. The van der Waals surface area contributed by atoms with Crippen molar-refractivity contribution in [1.82, 2.24) is 18.3 Å². The van der Waals surface area contributed by atoms with Crippen LogP contribution in [0.2, 0.25) is 0 Å². The van der Waals surface area contributed by atoms with Crippen molar-refractivity contribution in [3.05, 3.63) is 344 Å². The Hall–Kier alpha value is -12.8. The molecule has 101 heavy (non-hydrogen) atoms. The normalized spacial score (nSPS) is 15.0. The number of fused-ring (bicyclic) bond motifs is 16. The van der Waals surface area contributed by atoms with Gasteiger partial charge in [-0.1, -0.05) is 212 Å². The lowest BCUT2D eigenvalue weighted by molar-refractivity contribution is 1.13. The number of rotatable bonds is 8. The summed E-state index contributed by atoms with van der Waals surface area (Å²) in [6, 6.07) is 107. The van der Waals surface area contributed by atoms with E-state index < -0.39 is 34.1 Å². The largest absolute Gasteiger partial charge is 0.311 e. The SMILES string of the molecule is [2H]C([2H])([2H])c1cccc(C([2H])([2H])[2H])c1-c1ccccc1N1c2ccc(-n3c4ccccc4c4cccc(-n5c6ccccc6c6ccccc65)c43)cc2B2c3cc(-n4c5ccccc5c5cccc(-n6c7ccccc7c7ccccc76)c54)ccc3N(c3ccccc3-c3c(C([2H])([2H])[2H])cccc3C([2H])([2H])[2H])c3cccc1c32. The first-order chi connectivity index (χ1) is 54.7. The van der Waals surface area contributed by atoms with Gasteiger partial charge in [-0.05, 0) is 186 Å². The summed E-state index contributed by atoms with van der Waals surface area (Å²) in [5.74, 6) is 0. The van der Waals surface area contributed by atoms with Crippen LogP contribution in [-0.2, 0) is 0 Å². The lowest BCUT2D eigenvalue weighted by Gasteiger charge is -2.45. The fraction of sp³-hybridized carbons (Fsp3) is 0.0426. The average molecular weight is 1300 g/mol. The number of nitrogens with zero attached hydrogens (tertiary/aromatic N) is 6. The van der Waals surface area contributed by atoms with Gasteiger partial charge in [0.05, 0.1) is 66.9 Å². The number of aromatic nitrogens is 4. The summed E-state index contributed by atoms with van der Waals surface area (Å²) in [6.07, 6.45) is 0. The van der Waals surface area contributed by atoms with Crippen molar-refractivity contribution in [2.24, 2.45) is 0 Å². The van der Waals surface area contributed by atoms with Crippen molar-refractivity contribution < 1.29 is 16.4 Å². The van der Waals surface area contributed by atoms with Crippen LogP contribution in [0.5, 0.6) is 0 Å². The second-order valence-corrected chi connectivity index (χ2v) is 26.6.